The summed E-state index contributed by atoms with van der Waals surface area (Å²) in [5.74, 6) is 0.855. The van der Waals surface area contributed by atoms with Crippen LogP contribution in [0.15, 0.2) is 0 Å². The van der Waals surface area contributed by atoms with Gasteiger partial charge in [-0.3, -0.25) is 4.90 Å². The largest absolute Gasteiger partial charge is 0.381 e. The van der Waals surface area contributed by atoms with Crippen molar-refractivity contribution in [2.45, 2.75) is 59.0 Å². The predicted molar refractivity (Wildman–Crippen MR) is 80.4 cm³/mol. The minimum atomic E-state index is 0.343. The van der Waals surface area contributed by atoms with Crippen molar-refractivity contribution < 1.29 is 4.74 Å². The summed E-state index contributed by atoms with van der Waals surface area (Å²) < 4.78 is 5.73. The Bertz CT molecular complexity index is 274. The van der Waals surface area contributed by atoms with Gasteiger partial charge in [0.05, 0.1) is 6.61 Å². The molecule has 0 aromatic heterocycles. The van der Waals surface area contributed by atoms with E-state index < -0.39 is 0 Å². The van der Waals surface area contributed by atoms with Gasteiger partial charge in [-0.2, -0.15) is 0 Å². The fourth-order valence-electron chi connectivity index (χ4n) is 3.42. The molecule has 112 valence electrons. The van der Waals surface area contributed by atoms with Crippen molar-refractivity contribution in [3.63, 3.8) is 0 Å². The van der Waals surface area contributed by atoms with E-state index in [1.165, 1.54) is 32.4 Å². The van der Waals surface area contributed by atoms with E-state index in [0.717, 1.165) is 31.7 Å². The van der Waals surface area contributed by atoms with E-state index in [1.54, 1.807) is 0 Å². The lowest BCUT2D eigenvalue weighted by molar-refractivity contribution is 0.0545. The van der Waals surface area contributed by atoms with Crippen molar-refractivity contribution in [2.24, 2.45) is 11.3 Å². The smallest absolute Gasteiger partial charge is 0.0547 e. The average Bonchev–Trinajstić information content (AvgIpc) is 2.81. The number of hydrogen-bond acceptors (Lipinski definition) is 3. The maximum Gasteiger partial charge on any atom is 0.0547 e. The molecule has 0 amide bonds. The van der Waals surface area contributed by atoms with Gasteiger partial charge in [-0.05, 0) is 32.1 Å². The highest BCUT2D eigenvalue weighted by Crippen LogP contribution is 2.32. The number of nitrogens with zero attached hydrogens (tertiary/aromatic N) is 1. The number of rotatable bonds is 5. The second-order valence-corrected chi connectivity index (χ2v) is 7.30. The first-order valence-corrected chi connectivity index (χ1v) is 8.06. The summed E-state index contributed by atoms with van der Waals surface area (Å²) in [5.41, 5.74) is 0.343. The van der Waals surface area contributed by atoms with Gasteiger partial charge in [-0.15, -0.1) is 0 Å². The number of ether oxygens (including phenoxy) is 1. The molecule has 2 aliphatic heterocycles. The van der Waals surface area contributed by atoms with Crippen molar-refractivity contribution in [1.29, 1.82) is 0 Å². The third-order valence-corrected chi connectivity index (χ3v) is 4.86. The van der Waals surface area contributed by atoms with Crippen molar-refractivity contribution in [3.8, 4) is 0 Å². The van der Waals surface area contributed by atoms with Gasteiger partial charge >= 0.3 is 0 Å². The third-order valence-electron chi connectivity index (χ3n) is 4.86. The zero-order valence-electron chi connectivity index (χ0n) is 13.2. The first kappa shape index (κ1) is 15.3. The van der Waals surface area contributed by atoms with Gasteiger partial charge in [0.15, 0.2) is 0 Å². The summed E-state index contributed by atoms with van der Waals surface area (Å²) in [6.45, 7) is 14.7. The molecular formula is C16H32N2O. The molecule has 0 saturated carbocycles. The van der Waals surface area contributed by atoms with Crippen molar-refractivity contribution in [2.75, 3.05) is 32.8 Å². The Kier molecular flexibility index (Phi) is 5.27. The van der Waals surface area contributed by atoms with Crippen LogP contribution in [-0.4, -0.2) is 49.8 Å². The summed E-state index contributed by atoms with van der Waals surface area (Å²) in [5, 5.41) is 3.64. The van der Waals surface area contributed by atoms with E-state index in [1.807, 2.05) is 0 Å². The Morgan fingerprint density at radius 2 is 2.11 bits per heavy atom. The second-order valence-electron chi connectivity index (χ2n) is 7.30. The molecule has 3 heteroatoms. The van der Waals surface area contributed by atoms with Crippen LogP contribution in [0.5, 0.6) is 0 Å². The van der Waals surface area contributed by atoms with Crippen molar-refractivity contribution >= 4 is 0 Å². The van der Waals surface area contributed by atoms with Gasteiger partial charge in [0.1, 0.15) is 0 Å². The molecule has 3 nitrogen and oxygen atoms in total. The standard InChI is InChI=1S/C16H32N2O/c1-13(2)17-10-16(7-8-19-12-16)11-18-9-14(3)5-6-15(18)4/h13-15,17H,5-12H2,1-4H3. The van der Waals surface area contributed by atoms with Crippen LogP contribution >= 0.6 is 0 Å². The van der Waals surface area contributed by atoms with Gasteiger partial charge in [0.2, 0.25) is 0 Å². The maximum atomic E-state index is 5.73. The summed E-state index contributed by atoms with van der Waals surface area (Å²) in [7, 11) is 0. The predicted octanol–water partition coefficient (Wildman–Crippen LogP) is 2.51. The lowest BCUT2D eigenvalue weighted by Crippen LogP contribution is -2.51. The Balaban J connectivity index is 1.95. The van der Waals surface area contributed by atoms with Crippen LogP contribution in [-0.2, 0) is 4.74 Å². The summed E-state index contributed by atoms with van der Waals surface area (Å²) >= 11 is 0. The molecule has 2 heterocycles. The van der Waals surface area contributed by atoms with Crippen LogP contribution < -0.4 is 5.32 Å². The first-order valence-electron chi connectivity index (χ1n) is 8.06. The lowest BCUT2D eigenvalue weighted by atomic mass is 9.84. The molecule has 3 atom stereocenters. The maximum absolute atomic E-state index is 5.73. The molecule has 0 aliphatic carbocycles. The quantitative estimate of drug-likeness (QED) is 0.829. The normalized spacial score (nSPS) is 37.1. The van der Waals surface area contributed by atoms with E-state index in [0.29, 0.717) is 11.5 Å². The van der Waals surface area contributed by atoms with E-state index in [2.05, 4.69) is 37.9 Å². The van der Waals surface area contributed by atoms with Crippen LogP contribution in [0.2, 0.25) is 0 Å². The van der Waals surface area contributed by atoms with Crippen molar-refractivity contribution in [1.82, 2.24) is 10.2 Å². The van der Waals surface area contributed by atoms with E-state index in [4.69, 9.17) is 4.74 Å². The fourth-order valence-corrected chi connectivity index (χ4v) is 3.42. The Morgan fingerprint density at radius 1 is 1.32 bits per heavy atom. The summed E-state index contributed by atoms with van der Waals surface area (Å²) in [4.78, 5) is 2.71. The Hall–Kier alpha value is -0.120. The summed E-state index contributed by atoms with van der Waals surface area (Å²) in [6, 6.07) is 1.31. The van der Waals surface area contributed by atoms with E-state index in [9.17, 15) is 0 Å². The SMILES string of the molecule is CC1CCC(C)N(CC2(CNC(C)C)CCOC2)C1. The van der Waals surface area contributed by atoms with Crippen LogP contribution in [0.1, 0.15) is 47.0 Å². The van der Waals surface area contributed by atoms with E-state index >= 15 is 0 Å². The highest BCUT2D eigenvalue weighted by atomic mass is 16.5. The van der Waals surface area contributed by atoms with Gasteiger partial charge in [0.25, 0.3) is 0 Å². The third kappa shape index (κ3) is 4.17. The molecule has 0 spiro atoms. The monoisotopic (exact) mass is 268 g/mol. The van der Waals surface area contributed by atoms with Crippen LogP contribution in [0.4, 0.5) is 0 Å². The number of nitrogens with one attached hydrogen (secondary N) is 1. The van der Waals surface area contributed by atoms with E-state index in [-0.39, 0.29) is 0 Å². The van der Waals surface area contributed by atoms with Gasteiger partial charge < -0.3 is 10.1 Å². The molecule has 0 bridgehead atoms. The Morgan fingerprint density at radius 3 is 2.74 bits per heavy atom. The molecule has 2 rings (SSSR count). The highest BCUT2D eigenvalue weighted by Gasteiger charge is 2.38. The first-order chi connectivity index (χ1) is 9.01. The molecular weight excluding hydrogens is 236 g/mol. The average molecular weight is 268 g/mol. The molecule has 0 aromatic carbocycles. The fraction of sp³-hybridized carbons (Fsp3) is 1.00. The molecule has 2 aliphatic rings. The molecule has 2 saturated heterocycles. The minimum absolute atomic E-state index is 0.343. The van der Waals surface area contributed by atoms with Gasteiger partial charge in [-0.1, -0.05) is 20.8 Å². The van der Waals surface area contributed by atoms with Gasteiger partial charge in [0, 0.05) is 43.7 Å². The van der Waals surface area contributed by atoms with Crippen LogP contribution in [0.3, 0.4) is 0 Å². The highest BCUT2D eigenvalue weighted by molar-refractivity contribution is 4.91. The molecule has 0 radical (unpaired) electrons. The number of hydrogen-bond donors (Lipinski definition) is 1. The second kappa shape index (κ2) is 6.55. The molecule has 2 fully saturated rings. The molecule has 19 heavy (non-hydrogen) atoms. The van der Waals surface area contributed by atoms with Crippen LogP contribution in [0, 0.1) is 11.3 Å². The lowest BCUT2D eigenvalue weighted by Gasteiger charge is -2.42. The number of likely N-dealkylation sites (tertiary alicyclic amines) is 1. The zero-order chi connectivity index (χ0) is 13.9. The Labute approximate surface area is 119 Å². The van der Waals surface area contributed by atoms with Gasteiger partial charge in [-0.25, -0.2) is 0 Å². The van der Waals surface area contributed by atoms with Crippen molar-refractivity contribution in [3.05, 3.63) is 0 Å². The minimum Gasteiger partial charge on any atom is -0.381 e. The number of piperidine rings is 1. The summed E-state index contributed by atoms with van der Waals surface area (Å²) in [6.07, 6.45) is 3.96. The molecule has 3 unspecified atom stereocenters. The topological polar surface area (TPSA) is 24.5 Å². The van der Waals surface area contributed by atoms with Crippen LogP contribution in [0.25, 0.3) is 0 Å². The zero-order valence-corrected chi connectivity index (χ0v) is 13.2. The molecule has 1 N–H and O–H groups in total. The molecule has 0 aromatic rings.